The van der Waals surface area contributed by atoms with Gasteiger partial charge in [-0.25, -0.2) is 13.2 Å². The number of rotatable bonds is 5. The summed E-state index contributed by atoms with van der Waals surface area (Å²) in [5, 5.41) is 9.26. The van der Waals surface area contributed by atoms with E-state index in [4.69, 9.17) is 0 Å². The van der Waals surface area contributed by atoms with Gasteiger partial charge in [0.15, 0.2) is 0 Å². The number of hydrogen-bond donors (Lipinski definition) is 1. The van der Waals surface area contributed by atoms with Crippen molar-refractivity contribution in [1.29, 1.82) is 0 Å². The molecule has 0 aromatic carbocycles. The Kier molecular flexibility index (Phi) is 5.62. The van der Waals surface area contributed by atoms with Crippen LogP contribution in [0.25, 0.3) is 0 Å². The number of aromatic carboxylic acids is 1. The zero-order valence-electron chi connectivity index (χ0n) is 13.4. The van der Waals surface area contributed by atoms with E-state index in [9.17, 15) is 23.1 Å². The van der Waals surface area contributed by atoms with Crippen LogP contribution in [0.5, 0.6) is 0 Å². The van der Waals surface area contributed by atoms with Crippen LogP contribution < -0.4 is 5.56 Å². The van der Waals surface area contributed by atoms with Crippen molar-refractivity contribution in [2.75, 3.05) is 12.0 Å². The van der Waals surface area contributed by atoms with Crippen LogP contribution in [0.3, 0.4) is 0 Å². The lowest BCUT2D eigenvalue weighted by molar-refractivity contribution is 0.0694. The summed E-state index contributed by atoms with van der Waals surface area (Å²) in [5.41, 5.74) is 1.06. The van der Waals surface area contributed by atoms with E-state index in [0.717, 1.165) is 56.0 Å². The van der Waals surface area contributed by atoms with Crippen molar-refractivity contribution < 1.29 is 18.3 Å². The third-order valence-corrected chi connectivity index (χ3v) is 5.26. The predicted molar refractivity (Wildman–Crippen MR) is 87.9 cm³/mol. The average Bonchev–Trinajstić information content (AvgIpc) is 2.41. The van der Waals surface area contributed by atoms with Gasteiger partial charge in [-0.1, -0.05) is 12.8 Å². The van der Waals surface area contributed by atoms with Crippen LogP contribution in [0.4, 0.5) is 0 Å². The Morgan fingerprint density at radius 2 is 1.87 bits per heavy atom. The van der Waals surface area contributed by atoms with E-state index in [0.29, 0.717) is 6.42 Å². The van der Waals surface area contributed by atoms with Gasteiger partial charge in [0.25, 0.3) is 5.56 Å². The molecule has 0 fully saturated rings. The zero-order valence-corrected chi connectivity index (χ0v) is 14.2. The van der Waals surface area contributed by atoms with E-state index >= 15 is 0 Å². The number of fused-ring (bicyclic) bond motifs is 1. The van der Waals surface area contributed by atoms with Gasteiger partial charge in [0, 0.05) is 18.5 Å². The van der Waals surface area contributed by atoms with E-state index < -0.39 is 21.4 Å². The van der Waals surface area contributed by atoms with Gasteiger partial charge in [0.2, 0.25) is 0 Å². The standard InChI is InChI=1S/C16H23NO5S/c1-23(21,22)10-6-9-17-14-8-5-3-2-4-7-12(14)11-13(15(17)18)16(19)20/h11H,2-10H2,1H3,(H,19,20). The third kappa shape index (κ3) is 4.67. The van der Waals surface area contributed by atoms with Crippen LogP contribution in [-0.2, 0) is 29.2 Å². The van der Waals surface area contributed by atoms with Gasteiger partial charge in [0.05, 0.1) is 5.75 Å². The van der Waals surface area contributed by atoms with Gasteiger partial charge in [-0.3, -0.25) is 4.79 Å². The second-order valence-corrected chi connectivity index (χ2v) is 8.45. The molecular formula is C16H23NO5S. The van der Waals surface area contributed by atoms with E-state index in [1.54, 1.807) is 0 Å². The van der Waals surface area contributed by atoms with Gasteiger partial charge < -0.3 is 9.67 Å². The summed E-state index contributed by atoms with van der Waals surface area (Å²) in [7, 11) is -3.10. The fraction of sp³-hybridized carbons (Fsp3) is 0.625. The number of nitrogens with zero attached hydrogens (tertiary/aromatic N) is 1. The summed E-state index contributed by atoms with van der Waals surface area (Å²) in [5.74, 6) is -1.23. The summed E-state index contributed by atoms with van der Waals surface area (Å²) in [6.45, 7) is 0.245. The Labute approximate surface area is 136 Å². The molecule has 0 amide bonds. The quantitative estimate of drug-likeness (QED) is 0.879. The largest absolute Gasteiger partial charge is 0.477 e. The predicted octanol–water partition coefficient (Wildman–Crippen LogP) is 1.64. The molecule has 1 aromatic heterocycles. The molecule has 2 rings (SSSR count). The Bertz CT molecular complexity index is 748. The number of aromatic nitrogens is 1. The van der Waals surface area contributed by atoms with E-state index in [-0.39, 0.29) is 17.9 Å². The Hall–Kier alpha value is -1.63. The molecule has 7 heteroatoms. The second-order valence-electron chi connectivity index (χ2n) is 6.19. The maximum atomic E-state index is 12.5. The second kappa shape index (κ2) is 7.29. The molecule has 23 heavy (non-hydrogen) atoms. The van der Waals surface area contributed by atoms with Crippen molar-refractivity contribution in [2.45, 2.75) is 51.5 Å². The minimum Gasteiger partial charge on any atom is -0.477 e. The highest BCUT2D eigenvalue weighted by Gasteiger charge is 2.19. The van der Waals surface area contributed by atoms with E-state index in [2.05, 4.69) is 0 Å². The number of carbonyl (C=O) groups is 1. The average molecular weight is 341 g/mol. The molecule has 1 aliphatic carbocycles. The van der Waals surface area contributed by atoms with Crippen molar-refractivity contribution in [3.63, 3.8) is 0 Å². The minimum absolute atomic E-state index is 0.00842. The minimum atomic E-state index is -3.10. The zero-order chi connectivity index (χ0) is 17.0. The van der Waals surface area contributed by atoms with Crippen LogP contribution >= 0.6 is 0 Å². The lowest BCUT2D eigenvalue weighted by Gasteiger charge is -2.20. The fourth-order valence-corrected chi connectivity index (χ4v) is 3.76. The van der Waals surface area contributed by atoms with Gasteiger partial charge in [-0.05, 0) is 43.7 Å². The molecule has 0 unspecified atom stereocenters. The summed E-state index contributed by atoms with van der Waals surface area (Å²) < 4.78 is 24.1. The first-order valence-electron chi connectivity index (χ1n) is 7.96. The fourth-order valence-electron chi connectivity index (χ4n) is 3.11. The molecule has 0 spiro atoms. The molecule has 0 radical (unpaired) electrons. The number of aryl methyl sites for hydroxylation is 1. The molecule has 128 valence electrons. The van der Waals surface area contributed by atoms with Crippen molar-refractivity contribution in [2.24, 2.45) is 0 Å². The van der Waals surface area contributed by atoms with Crippen molar-refractivity contribution in [3.8, 4) is 0 Å². The number of carboxylic acids is 1. The highest BCUT2D eigenvalue weighted by molar-refractivity contribution is 7.90. The first-order chi connectivity index (χ1) is 10.8. The molecule has 0 bridgehead atoms. The van der Waals surface area contributed by atoms with Crippen LogP contribution in [0.15, 0.2) is 10.9 Å². The number of pyridine rings is 1. The smallest absolute Gasteiger partial charge is 0.341 e. The molecular weight excluding hydrogens is 318 g/mol. The Morgan fingerprint density at radius 3 is 2.48 bits per heavy atom. The van der Waals surface area contributed by atoms with Gasteiger partial charge >= 0.3 is 5.97 Å². The first kappa shape index (κ1) is 17.7. The monoisotopic (exact) mass is 341 g/mol. The highest BCUT2D eigenvalue weighted by Crippen LogP contribution is 2.20. The van der Waals surface area contributed by atoms with Crippen LogP contribution in [0.1, 0.15) is 53.7 Å². The van der Waals surface area contributed by atoms with Crippen LogP contribution in [0, 0.1) is 0 Å². The molecule has 0 atom stereocenters. The van der Waals surface area contributed by atoms with E-state index in [1.165, 1.54) is 10.6 Å². The van der Waals surface area contributed by atoms with Crippen molar-refractivity contribution in [1.82, 2.24) is 4.57 Å². The first-order valence-corrected chi connectivity index (χ1v) is 10.0. The van der Waals surface area contributed by atoms with Crippen molar-refractivity contribution in [3.05, 3.63) is 33.2 Å². The summed E-state index contributed by atoms with van der Waals surface area (Å²) in [6.07, 6.45) is 7.12. The van der Waals surface area contributed by atoms with E-state index in [1.807, 2.05) is 0 Å². The molecule has 1 heterocycles. The van der Waals surface area contributed by atoms with Crippen LogP contribution in [0.2, 0.25) is 0 Å². The topological polar surface area (TPSA) is 93.4 Å². The maximum absolute atomic E-state index is 12.5. The lowest BCUT2D eigenvalue weighted by atomic mass is 9.95. The summed E-state index contributed by atoms with van der Waals surface area (Å²) >= 11 is 0. The number of hydrogen-bond acceptors (Lipinski definition) is 4. The SMILES string of the molecule is CS(=O)(=O)CCCn1c2c(cc(C(=O)O)c1=O)CCCCCC2. The van der Waals surface area contributed by atoms with Gasteiger partial charge in [0.1, 0.15) is 15.4 Å². The Morgan fingerprint density at radius 1 is 1.22 bits per heavy atom. The molecule has 6 nitrogen and oxygen atoms in total. The lowest BCUT2D eigenvalue weighted by Crippen LogP contribution is -2.31. The number of carboxylic acid groups (broad SMARTS) is 1. The summed E-state index contributed by atoms with van der Waals surface area (Å²) in [6, 6.07) is 1.51. The van der Waals surface area contributed by atoms with Gasteiger partial charge in [-0.15, -0.1) is 0 Å². The maximum Gasteiger partial charge on any atom is 0.341 e. The van der Waals surface area contributed by atoms with Crippen molar-refractivity contribution >= 4 is 15.8 Å². The number of sulfone groups is 1. The normalized spacial score (nSPS) is 15.5. The third-order valence-electron chi connectivity index (χ3n) is 4.23. The Balaban J connectivity index is 2.43. The van der Waals surface area contributed by atoms with Gasteiger partial charge in [-0.2, -0.15) is 0 Å². The molecule has 0 saturated heterocycles. The molecule has 1 aromatic rings. The molecule has 0 saturated carbocycles. The molecule has 1 aliphatic rings. The summed E-state index contributed by atoms with van der Waals surface area (Å²) in [4.78, 5) is 23.8. The molecule has 0 aliphatic heterocycles. The molecule has 1 N–H and O–H groups in total. The van der Waals surface area contributed by atoms with Crippen LogP contribution in [-0.4, -0.2) is 36.1 Å². The highest BCUT2D eigenvalue weighted by atomic mass is 32.2.